The number of morpholine rings is 1. The fraction of sp³-hybridized carbons (Fsp3) is 0.533. The van der Waals surface area contributed by atoms with Gasteiger partial charge in [-0.15, -0.1) is 0 Å². The normalized spacial score (nSPS) is 17.3. The Balaban J connectivity index is 1.91. The van der Waals surface area contributed by atoms with Crippen molar-refractivity contribution in [3.8, 4) is 0 Å². The van der Waals surface area contributed by atoms with Gasteiger partial charge in [-0.25, -0.2) is 8.78 Å². The minimum absolute atomic E-state index is 0.0478. The lowest BCUT2D eigenvalue weighted by Crippen LogP contribution is -2.45. The second-order valence-corrected chi connectivity index (χ2v) is 5.38. The van der Waals surface area contributed by atoms with Crippen molar-refractivity contribution >= 4 is 5.91 Å². The fourth-order valence-corrected chi connectivity index (χ4v) is 2.41. The molecule has 22 heavy (non-hydrogen) atoms. The summed E-state index contributed by atoms with van der Waals surface area (Å²) in [5.74, 6) is -2.11. The summed E-state index contributed by atoms with van der Waals surface area (Å²) < 4.78 is 31.9. The lowest BCUT2D eigenvalue weighted by Gasteiger charge is -2.30. The number of rotatable bonds is 5. The molecule has 1 heterocycles. The van der Waals surface area contributed by atoms with Crippen LogP contribution < -0.4 is 0 Å². The van der Waals surface area contributed by atoms with Crippen molar-refractivity contribution in [1.82, 2.24) is 9.80 Å². The smallest absolute Gasteiger partial charge is 0.256 e. The van der Waals surface area contributed by atoms with E-state index in [2.05, 4.69) is 0 Å². The van der Waals surface area contributed by atoms with Crippen molar-refractivity contribution < 1.29 is 23.4 Å². The molecule has 5 nitrogen and oxygen atoms in total. The van der Waals surface area contributed by atoms with E-state index in [0.717, 1.165) is 31.3 Å². The molecule has 0 spiro atoms. The van der Waals surface area contributed by atoms with E-state index >= 15 is 0 Å². The Bertz CT molecular complexity index is 522. The van der Waals surface area contributed by atoms with E-state index in [0.29, 0.717) is 19.8 Å². The zero-order valence-electron chi connectivity index (χ0n) is 12.5. The van der Waals surface area contributed by atoms with Gasteiger partial charge in [0, 0.05) is 33.2 Å². The third kappa shape index (κ3) is 4.46. The summed E-state index contributed by atoms with van der Waals surface area (Å²) >= 11 is 0. The van der Waals surface area contributed by atoms with Crippen molar-refractivity contribution in [2.75, 3.05) is 46.4 Å². The Morgan fingerprint density at radius 2 is 2.09 bits per heavy atom. The van der Waals surface area contributed by atoms with Crippen molar-refractivity contribution in [3.63, 3.8) is 0 Å². The molecule has 0 aromatic heterocycles. The van der Waals surface area contributed by atoms with Gasteiger partial charge in [-0.05, 0) is 18.2 Å². The molecular weight excluding hydrogens is 294 g/mol. The minimum Gasteiger partial charge on any atom is -0.390 e. The molecule has 1 aromatic rings. The Hall–Kier alpha value is -1.57. The van der Waals surface area contributed by atoms with Gasteiger partial charge in [-0.3, -0.25) is 9.69 Å². The lowest BCUT2D eigenvalue weighted by molar-refractivity contribution is 0.00874. The van der Waals surface area contributed by atoms with Gasteiger partial charge >= 0.3 is 0 Å². The minimum atomic E-state index is -0.777. The topological polar surface area (TPSA) is 53.0 Å². The Morgan fingerprint density at radius 3 is 2.77 bits per heavy atom. The first-order chi connectivity index (χ1) is 10.5. The number of nitrogens with zero attached hydrogens (tertiary/aromatic N) is 2. The molecule has 1 amide bonds. The Kier molecular flexibility index (Phi) is 5.82. The molecule has 1 fully saturated rings. The first-order valence-electron chi connectivity index (χ1n) is 7.16. The second kappa shape index (κ2) is 7.62. The van der Waals surface area contributed by atoms with Crippen LogP contribution in [0.1, 0.15) is 10.4 Å². The summed E-state index contributed by atoms with van der Waals surface area (Å²) in [5.41, 5.74) is -0.332. The monoisotopic (exact) mass is 314 g/mol. The van der Waals surface area contributed by atoms with Crippen molar-refractivity contribution in [2.45, 2.75) is 6.10 Å². The van der Waals surface area contributed by atoms with Crippen LogP contribution in [-0.2, 0) is 4.74 Å². The standard InChI is InChI=1S/C15H20F2N2O3/c1-18(9-12(20)10-19-4-6-22-7-5-19)15(21)13-8-11(16)2-3-14(13)17/h2-3,8,12,20H,4-7,9-10H2,1H3. The van der Waals surface area contributed by atoms with Crippen molar-refractivity contribution in [2.24, 2.45) is 0 Å². The van der Waals surface area contributed by atoms with E-state index in [9.17, 15) is 18.7 Å². The molecule has 1 aromatic carbocycles. The van der Waals surface area contributed by atoms with Crippen LogP contribution in [0.15, 0.2) is 18.2 Å². The molecule has 0 aliphatic carbocycles. The Labute approximate surface area is 128 Å². The van der Waals surface area contributed by atoms with Gasteiger partial charge in [0.05, 0.1) is 24.9 Å². The molecule has 1 unspecified atom stereocenters. The maximum absolute atomic E-state index is 13.6. The summed E-state index contributed by atoms with van der Waals surface area (Å²) in [7, 11) is 1.45. The molecule has 0 radical (unpaired) electrons. The van der Waals surface area contributed by atoms with Crippen LogP contribution in [0.25, 0.3) is 0 Å². The number of amides is 1. The molecular formula is C15H20F2N2O3. The molecule has 1 saturated heterocycles. The highest BCUT2D eigenvalue weighted by atomic mass is 19.1. The van der Waals surface area contributed by atoms with E-state index in [-0.39, 0.29) is 12.1 Å². The van der Waals surface area contributed by atoms with Gasteiger partial charge in [-0.1, -0.05) is 0 Å². The molecule has 0 saturated carbocycles. The predicted octanol–water partition coefficient (Wildman–Crippen LogP) is 0.730. The van der Waals surface area contributed by atoms with E-state index in [1.54, 1.807) is 0 Å². The summed E-state index contributed by atoms with van der Waals surface area (Å²) in [6.45, 7) is 3.16. The average Bonchev–Trinajstić information content (AvgIpc) is 2.49. The van der Waals surface area contributed by atoms with Crippen LogP contribution in [0.3, 0.4) is 0 Å². The maximum Gasteiger partial charge on any atom is 0.256 e. The fourth-order valence-electron chi connectivity index (χ4n) is 2.41. The second-order valence-electron chi connectivity index (χ2n) is 5.38. The zero-order valence-corrected chi connectivity index (χ0v) is 12.5. The molecule has 1 N–H and O–H groups in total. The molecule has 1 aliphatic heterocycles. The number of ether oxygens (including phenoxy) is 1. The molecule has 1 atom stereocenters. The number of carbonyl (C=O) groups excluding carboxylic acids is 1. The quantitative estimate of drug-likeness (QED) is 0.870. The number of hydrogen-bond donors (Lipinski definition) is 1. The number of likely N-dealkylation sites (N-methyl/N-ethyl adjacent to an activating group) is 1. The molecule has 1 aliphatic rings. The average molecular weight is 314 g/mol. The highest BCUT2D eigenvalue weighted by molar-refractivity contribution is 5.94. The van der Waals surface area contributed by atoms with Gasteiger partial charge in [0.1, 0.15) is 11.6 Å². The summed E-state index contributed by atoms with van der Waals surface area (Å²) in [6, 6.07) is 2.74. The van der Waals surface area contributed by atoms with Gasteiger partial charge in [0.2, 0.25) is 0 Å². The number of benzene rings is 1. The van der Waals surface area contributed by atoms with Gasteiger partial charge in [0.25, 0.3) is 5.91 Å². The predicted molar refractivity (Wildman–Crippen MR) is 76.6 cm³/mol. The summed E-state index contributed by atoms with van der Waals surface area (Å²) in [4.78, 5) is 15.4. The number of halogens is 2. The summed E-state index contributed by atoms with van der Waals surface area (Å²) in [6.07, 6.45) is -0.760. The molecule has 122 valence electrons. The number of β-amino-alcohol motifs (C(OH)–C–C–N with tert-alkyl or cyclic N) is 1. The van der Waals surface area contributed by atoms with Crippen LogP contribution >= 0.6 is 0 Å². The van der Waals surface area contributed by atoms with Gasteiger partial charge in [0.15, 0.2) is 0 Å². The number of aliphatic hydroxyl groups is 1. The SMILES string of the molecule is CN(CC(O)CN1CCOCC1)C(=O)c1cc(F)ccc1F. The van der Waals surface area contributed by atoms with E-state index < -0.39 is 23.6 Å². The van der Waals surface area contributed by atoms with Crippen LogP contribution in [-0.4, -0.2) is 73.4 Å². The summed E-state index contributed by atoms with van der Waals surface area (Å²) in [5, 5.41) is 10.0. The largest absolute Gasteiger partial charge is 0.390 e. The van der Waals surface area contributed by atoms with Crippen LogP contribution in [0.2, 0.25) is 0 Å². The third-order valence-corrected chi connectivity index (χ3v) is 3.56. The lowest BCUT2D eigenvalue weighted by atomic mass is 10.1. The molecule has 0 bridgehead atoms. The van der Waals surface area contributed by atoms with Crippen LogP contribution in [0.4, 0.5) is 8.78 Å². The number of carbonyl (C=O) groups is 1. The first kappa shape index (κ1) is 16.8. The van der Waals surface area contributed by atoms with Crippen LogP contribution in [0, 0.1) is 11.6 Å². The highest BCUT2D eigenvalue weighted by Crippen LogP contribution is 2.12. The van der Waals surface area contributed by atoms with E-state index in [1.165, 1.54) is 11.9 Å². The molecule has 7 heteroatoms. The zero-order chi connectivity index (χ0) is 16.1. The molecule has 2 rings (SSSR count). The van der Waals surface area contributed by atoms with E-state index in [4.69, 9.17) is 4.74 Å². The van der Waals surface area contributed by atoms with Crippen LogP contribution in [0.5, 0.6) is 0 Å². The highest BCUT2D eigenvalue weighted by Gasteiger charge is 2.21. The first-order valence-corrected chi connectivity index (χ1v) is 7.16. The number of aliphatic hydroxyl groups excluding tert-OH is 1. The van der Waals surface area contributed by atoms with Crippen molar-refractivity contribution in [1.29, 1.82) is 0 Å². The van der Waals surface area contributed by atoms with Gasteiger partial charge < -0.3 is 14.7 Å². The van der Waals surface area contributed by atoms with E-state index in [1.807, 2.05) is 4.90 Å². The van der Waals surface area contributed by atoms with Crippen molar-refractivity contribution in [3.05, 3.63) is 35.4 Å². The maximum atomic E-state index is 13.6. The third-order valence-electron chi connectivity index (χ3n) is 3.56. The number of hydrogen-bond acceptors (Lipinski definition) is 4. The van der Waals surface area contributed by atoms with Gasteiger partial charge in [-0.2, -0.15) is 0 Å². The Morgan fingerprint density at radius 1 is 1.41 bits per heavy atom.